The Morgan fingerprint density at radius 1 is 0.792 bits per heavy atom. The van der Waals surface area contributed by atoms with Crippen LogP contribution in [0.25, 0.3) is 0 Å². The maximum atomic E-state index is 11.6. The van der Waals surface area contributed by atoms with Crippen LogP contribution in [0.4, 0.5) is 0 Å². The second-order valence-electron chi connectivity index (χ2n) is 4.51. The number of benzene rings is 2. The SMILES string of the molecule is O=C(COc1ccc(Cl)cc1Cl)OCCOc1ccc(Cl)cc1Cl. The van der Waals surface area contributed by atoms with Gasteiger partial charge in [-0.1, -0.05) is 46.4 Å². The molecule has 0 unspecified atom stereocenters. The third kappa shape index (κ3) is 5.95. The van der Waals surface area contributed by atoms with Crippen molar-refractivity contribution in [3.05, 3.63) is 56.5 Å². The lowest BCUT2D eigenvalue weighted by Gasteiger charge is -2.10. The van der Waals surface area contributed by atoms with Gasteiger partial charge in [0.25, 0.3) is 0 Å². The second-order valence-corrected chi connectivity index (χ2v) is 6.19. The van der Waals surface area contributed by atoms with Crippen molar-refractivity contribution in [1.82, 2.24) is 0 Å². The van der Waals surface area contributed by atoms with Gasteiger partial charge in [0, 0.05) is 10.0 Å². The summed E-state index contributed by atoms with van der Waals surface area (Å²) in [7, 11) is 0. The quantitative estimate of drug-likeness (QED) is 0.459. The molecule has 0 aromatic heterocycles. The molecule has 0 fully saturated rings. The number of hydrogen-bond donors (Lipinski definition) is 0. The normalized spacial score (nSPS) is 10.3. The monoisotopic (exact) mass is 408 g/mol. The lowest BCUT2D eigenvalue weighted by Crippen LogP contribution is -2.18. The minimum Gasteiger partial charge on any atom is -0.488 e. The number of ether oxygens (including phenoxy) is 3. The number of esters is 1. The smallest absolute Gasteiger partial charge is 0.344 e. The Morgan fingerprint density at radius 3 is 1.88 bits per heavy atom. The standard InChI is InChI=1S/C16H12Cl4O4/c17-10-1-3-14(12(19)7-10)22-5-6-23-16(21)9-24-15-4-2-11(18)8-13(15)20/h1-4,7-8H,5-6,9H2. The molecule has 0 saturated carbocycles. The highest BCUT2D eigenvalue weighted by atomic mass is 35.5. The first kappa shape index (κ1) is 19.0. The first-order chi connectivity index (χ1) is 11.5. The third-order valence-corrected chi connectivity index (χ3v) is 3.80. The van der Waals surface area contributed by atoms with E-state index in [4.69, 9.17) is 60.6 Å². The Morgan fingerprint density at radius 2 is 1.33 bits per heavy atom. The van der Waals surface area contributed by atoms with E-state index in [9.17, 15) is 4.79 Å². The third-order valence-electron chi connectivity index (χ3n) is 2.74. The van der Waals surface area contributed by atoms with Gasteiger partial charge in [-0.25, -0.2) is 4.79 Å². The summed E-state index contributed by atoms with van der Waals surface area (Å²) in [6.07, 6.45) is 0. The van der Waals surface area contributed by atoms with Crippen molar-refractivity contribution in [2.24, 2.45) is 0 Å². The Labute approximate surface area is 159 Å². The molecule has 0 heterocycles. The van der Waals surface area contributed by atoms with E-state index in [1.54, 1.807) is 30.3 Å². The van der Waals surface area contributed by atoms with E-state index in [0.29, 0.717) is 31.6 Å². The lowest BCUT2D eigenvalue weighted by atomic mass is 10.3. The van der Waals surface area contributed by atoms with Crippen LogP contribution in [0.1, 0.15) is 0 Å². The molecule has 0 bridgehead atoms. The molecule has 2 aromatic carbocycles. The summed E-state index contributed by atoms with van der Waals surface area (Å²) in [5.74, 6) is 0.260. The molecule has 0 aliphatic heterocycles. The van der Waals surface area contributed by atoms with Gasteiger partial charge >= 0.3 is 5.97 Å². The average molecular weight is 410 g/mol. The zero-order valence-electron chi connectivity index (χ0n) is 12.2. The molecule has 128 valence electrons. The maximum absolute atomic E-state index is 11.6. The van der Waals surface area contributed by atoms with Crippen molar-refractivity contribution in [2.75, 3.05) is 19.8 Å². The number of carbonyl (C=O) groups is 1. The predicted octanol–water partition coefficient (Wildman–Crippen LogP) is 5.30. The molecule has 2 aromatic rings. The van der Waals surface area contributed by atoms with E-state index in [-0.39, 0.29) is 19.8 Å². The summed E-state index contributed by atoms with van der Waals surface area (Å²) in [6, 6.07) is 9.56. The van der Waals surface area contributed by atoms with E-state index in [1.165, 1.54) is 6.07 Å². The van der Waals surface area contributed by atoms with Gasteiger partial charge in [0.05, 0.1) is 10.0 Å². The molecule has 0 atom stereocenters. The molecule has 0 radical (unpaired) electrons. The van der Waals surface area contributed by atoms with Crippen molar-refractivity contribution in [2.45, 2.75) is 0 Å². The van der Waals surface area contributed by atoms with Gasteiger partial charge in [-0.3, -0.25) is 0 Å². The molecule has 8 heteroatoms. The Kier molecular flexibility index (Phi) is 7.31. The second kappa shape index (κ2) is 9.23. The van der Waals surface area contributed by atoms with E-state index in [2.05, 4.69) is 0 Å². The first-order valence-electron chi connectivity index (χ1n) is 6.77. The Bertz CT molecular complexity index is 721. The van der Waals surface area contributed by atoms with Crippen molar-refractivity contribution in [3.63, 3.8) is 0 Å². The number of hydrogen-bond acceptors (Lipinski definition) is 4. The molecule has 2 rings (SSSR count). The van der Waals surface area contributed by atoms with Gasteiger partial charge < -0.3 is 14.2 Å². The highest BCUT2D eigenvalue weighted by Crippen LogP contribution is 2.28. The van der Waals surface area contributed by atoms with E-state index >= 15 is 0 Å². The Balaban J connectivity index is 1.69. The van der Waals surface area contributed by atoms with Crippen molar-refractivity contribution in [3.8, 4) is 11.5 Å². The van der Waals surface area contributed by atoms with Gasteiger partial charge in [0.2, 0.25) is 0 Å². The minimum atomic E-state index is -0.549. The predicted molar refractivity (Wildman–Crippen MR) is 94.9 cm³/mol. The number of halogens is 4. The fraction of sp³-hybridized carbons (Fsp3) is 0.188. The molecule has 0 aliphatic rings. The zero-order chi connectivity index (χ0) is 17.5. The van der Waals surface area contributed by atoms with Crippen LogP contribution in [0.5, 0.6) is 11.5 Å². The summed E-state index contributed by atoms with van der Waals surface area (Å²) >= 11 is 23.4. The Hall–Kier alpha value is -1.33. The van der Waals surface area contributed by atoms with E-state index < -0.39 is 5.97 Å². The molecule has 0 spiro atoms. The van der Waals surface area contributed by atoms with Crippen LogP contribution in [0.3, 0.4) is 0 Å². The average Bonchev–Trinajstić information content (AvgIpc) is 2.52. The van der Waals surface area contributed by atoms with E-state index in [0.717, 1.165) is 0 Å². The van der Waals surface area contributed by atoms with E-state index in [1.807, 2.05) is 0 Å². The van der Waals surface area contributed by atoms with Crippen LogP contribution in [-0.4, -0.2) is 25.8 Å². The van der Waals surface area contributed by atoms with Crippen LogP contribution in [-0.2, 0) is 9.53 Å². The summed E-state index contributed by atoms with van der Waals surface area (Å²) in [5, 5.41) is 1.69. The summed E-state index contributed by atoms with van der Waals surface area (Å²) < 4.78 is 15.6. The van der Waals surface area contributed by atoms with Crippen LogP contribution in [0.2, 0.25) is 20.1 Å². The fourth-order valence-electron chi connectivity index (χ4n) is 1.67. The molecular formula is C16H12Cl4O4. The first-order valence-corrected chi connectivity index (χ1v) is 8.28. The largest absolute Gasteiger partial charge is 0.488 e. The topological polar surface area (TPSA) is 44.8 Å². The molecule has 24 heavy (non-hydrogen) atoms. The molecule has 4 nitrogen and oxygen atoms in total. The molecule has 0 saturated heterocycles. The van der Waals surface area contributed by atoms with Gasteiger partial charge in [0.15, 0.2) is 6.61 Å². The fourth-order valence-corrected chi connectivity index (χ4v) is 2.60. The van der Waals surface area contributed by atoms with Crippen molar-refractivity contribution in [1.29, 1.82) is 0 Å². The molecule has 0 N–H and O–H groups in total. The van der Waals surface area contributed by atoms with Crippen LogP contribution in [0.15, 0.2) is 36.4 Å². The van der Waals surface area contributed by atoms with Gasteiger partial charge in [-0.05, 0) is 36.4 Å². The van der Waals surface area contributed by atoms with Gasteiger partial charge in [-0.15, -0.1) is 0 Å². The summed E-state index contributed by atoms with van der Waals surface area (Å²) in [5.41, 5.74) is 0. The number of carbonyl (C=O) groups excluding carboxylic acids is 1. The number of rotatable bonds is 7. The highest BCUT2D eigenvalue weighted by molar-refractivity contribution is 6.36. The molecular weight excluding hydrogens is 398 g/mol. The van der Waals surface area contributed by atoms with Crippen molar-refractivity contribution >= 4 is 52.4 Å². The van der Waals surface area contributed by atoms with Crippen molar-refractivity contribution < 1.29 is 19.0 Å². The van der Waals surface area contributed by atoms with Crippen LogP contribution in [0, 0.1) is 0 Å². The van der Waals surface area contributed by atoms with Gasteiger partial charge in [0.1, 0.15) is 24.7 Å². The maximum Gasteiger partial charge on any atom is 0.344 e. The zero-order valence-corrected chi connectivity index (χ0v) is 15.3. The molecule has 0 amide bonds. The highest BCUT2D eigenvalue weighted by Gasteiger charge is 2.08. The molecule has 0 aliphatic carbocycles. The lowest BCUT2D eigenvalue weighted by molar-refractivity contribution is -0.146. The van der Waals surface area contributed by atoms with Crippen LogP contribution >= 0.6 is 46.4 Å². The minimum absolute atomic E-state index is 0.0511. The van der Waals surface area contributed by atoms with Crippen LogP contribution < -0.4 is 9.47 Å². The summed E-state index contributed by atoms with van der Waals surface area (Å²) in [4.78, 5) is 11.6. The van der Waals surface area contributed by atoms with Gasteiger partial charge in [-0.2, -0.15) is 0 Å². The summed E-state index contributed by atoms with van der Waals surface area (Å²) in [6.45, 7) is -0.0760.